The number of rotatable bonds is 3. The molecule has 1 heterocycles. The second kappa shape index (κ2) is 5.41. The van der Waals surface area contributed by atoms with Crippen LogP contribution in [0.25, 0.3) is 0 Å². The second-order valence-electron chi connectivity index (χ2n) is 3.07. The maximum atomic E-state index is 5.49. The molecule has 0 spiro atoms. The van der Waals surface area contributed by atoms with Gasteiger partial charge >= 0.3 is 6.01 Å². The van der Waals surface area contributed by atoms with Gasteiger partial charge in [-0.1, -0.05) is 37.9 Å². The van der Waals surface area contributed by atoms with E-state index in [1.165, 1.54) is 0 Å². The summed E-state index contributed by atoms with van der Waals surface area (Å²) in [5.41, 5.74) is 1.02. The third kappa shape index (κ3) is 3.02. The van der Waals surface area contributed by atoms with E-state index >= 15 is 0 Å². The number of benzene rings is 1. The fraction of sp³-hybridized carbons (Fsp3) is 0.0909. The molecule has 2 rings (SSSR count). The van der Waals surface area contributed by atoms with Crippen molar-refractivity contribution >= 4 is 31.9 Å². The lowest BCUT2D eigenvalue weighted by Crippen LogP contribution is -1.92. The van der Waals surface area contributed by atoms with Crippen LogP contribution in [-0.4, -0.2) is 9.97 Å². The molecule has 0 amide bonds. The van der Waals surface area contributed by atoms with Crippen LogP contribution in [0.15, 0.2) is 41.1 Å². The molecule has 0 aliphatic heterocycles. The third-order valence-corrected chi connectivity index (χ3v) is 2.98. The lowest BCUT2D eigenvalue weighted by atomic mass is 10.3. The van der Waals surface area contributed by atoms with Crippen molar-refractivity contribution in [1.82, 2.24) is 9.97 Å². The maximum Gasteiger partial charge on any atom is 0.321 e. The van der Waals surface area contributed by atoms with Crippen molar-refractivity contribution in [1.29, 1.82) is 0 Å². The minimum Gasteiger partial charge on any atom is -0.424 e. The molecule has 0 N–H and O–H groups in total. The van der Waals surface area contributed by atoms with Crippen LogP contribution in [-0.2, 0) is 5.33 Å². The average Bonchev–Trinajstić information content (AvgIpc) is 2.30. The summed E-state index contributed by atoms with van der Waals surface area (Å²) >= 11 is 6.70. The first-order valence-corrected chi connectivity index (χ1v) is 6.49. The lowest BCUT2D eigenvalue weighted by Gasteiger charge is -2.03. The van der Waals surface area contributed by atoms with E-state index in [2.05, 4.69) is 41.8 Å². The van der Waals surface area contributed by atoms with Crippen LogP contribution >= 0.6 is 31.9 Å². The second-order valence-corrected chi connectivity index (χ2v) is 4.54. The Hall–Kier alpha value is -0.940. The Morgan fingerprint density at radius 1 is 1.19 bits per heavy atom. The fourth-order valence-electron chi connectivity index (χ4n) is 1.10. The number of aromatic nitrogens is 2. The topological polar surface area (TPSA) is 35.0 Å². The molecule has 1 aromatic heterocycles. The summed E-state index contributed by atoms with van der Waals surface area (Å²) in [7, 11) is 0. The summed E-state index contributed by atoms with van der Waals surface area (Å²) in [5.74, 6) is 0.709. The number of hydrogen-bond acceptors (Lipinski definition) is 3. The van der Waals surface area contributed by atoms with Crippen molar-refractivity contribution in [2.45, 2.75) is 5.33 Å². The molecule has 0 saturated heterocycles. The van der Waals surface area contributed by atoms with Gasteiger partial charge in [-0.25, -0.2) is 9.97 Å². The normalized spacial score (nSPS) is 10.1. The van der Waals surface area contributed by atoms with E-state index < -0.39 is 0 Å². The largest absolute Gasteiger partial charge is 0.424 e. The van der Waals surface area contributed by atoms with Gasteiger partial charge in [0, 0.05) is 22.2 Å². The standard InChI is InChI=1S/C11H8Br2N2O/c12-5-8-6-14-11(15-7-8)16-10-3-1-2-9(13)4-10/h1-4,6-7H,5H2. The van der Waals surface area contributed by atoms with Gasteiger partial charge in [0.15, 0.2) is 0 Å². The zero-order valence-electron chi connectivity index (χ0n) is 8.23. The molecular weight excluding hydrogens is 336 g/mol. The van der Waals surface area contributed by atoms with Crippen LogP contribution in [0.5, 0.6) is 11.8 Å². The van der Waals surface area contributed by atoms with Gasteiger partial charge in [-0.15, -0.1) is 0 Å². The van der Waals surface area contributed by atoms with E-state index in [1.807, 2.05) is 24.3 Å². The minimum absolute atomic E-state index is 0.350. The van der Waals surface area contributed by atoms with Gasteiger partial charge in [0.05, 0.1) is 0 Å². The first-order chi connectivity index (χ1) is 7.78. The number of ether oxygens (including phenoxy) is 1. The Morgan fingerprint density at radius 3 is 2.56 bits per heavy atom. The lowest BCUT2D eigenvalue weighted by molar-refractivity contribution is 0.441. The number of nitrogens with zero attached hydrogens (tertiary/aromatic N) is 2. The Bertz CT molecular complexity index is 474. The first-order valence-electron chi connectivity index (χ1n) is 4.58. The minimum atomic E-state index is 0.350. The molecule has 0 unspecified atom stereocenters. The molecule has 0 fully saturated rings. The van der Waals surface area contributed by atoms with Gasteiger partial charge < -0.3 is 4.74 Å². The molecule has 0 aliphatic carbocycles. The van der Waals surface area contributed by atoms with Crippen molar-refractivity contribution < 1.29 is 4.74 Å². The fourth-order valence-corrected chi connectivity index (χ4v) is 1.77. The Kier molecular flexibility index (Phi) is 3.90. The molecule has 2 aromatic rings. The quantitative estimate of drug-likeness (QED) is 0.792. The zero-order valence-corrected chi connectivity index (χ0v) is 11.4. The van der Waals surface area contributed by atoms with E-state index in [9.17, 15) is 0 Å². The molecule has 82 valence electrons. The average molecular weight is 344 g/mol. The smallest absolute Gasteiger partial charge is 0.321 e. The van der Waals surface area contributed by atoms with Crippen LogP contribution in [0, 0.1) is 0 Å². The van der Waals surface area contributed by atoms with E-state index in [0.29, 0.717) is 11.8 Å². The van der Waals surface area contributed by atoms with Gasteiger partial charge in [0.2, 0.25) is 0 Å². The van der Waals surface area contributed by atoms with Gasteiger partial charge in [-0.2, -0.15) is 0 Å². The van der Waals surface area contributed by atoms with E-state index in [4.69, 9.17) is 4.74 Å². The highest BCUT2D eigenvalue weighted by Crippen LogP contribution is 2.21. The summed E-state index contributed by atoms with van der Waals surface area (Å²) in [6.45, 7) is 0. The van der Waals surface area contributed by atoms with Gasteiger partial charge in [-0.3, -0.25) is 0 Å². The highest BCUT2D eigenvalue weighted by molar-refractivity contribution is 9.10. The Morgan fingerprint density at radius 2 is 1.94 bits per heavy atom. The first kappa shape index (κ1) is 11.5. The molecule has 16 heavy (non-hydrogen) atoms. The van der Waals surface area contributed by atoms with Crippen LogP contribution in [0.1, 0.15) is 5.56 Å². The van der Waals surface area contributed by atoms with Crippen molar-refractivity contribution in [3.05, 3.63) is 46.7 Å². The highest BCUT2D eigenvalue weighted by atomic mass is 79.9. The molecule has 0 aliphatic rings. The summed E-state index contributed by atoms with van der Waals surface area (Å²) in [6.07, 6.45) is 3.46. The maximum absolute atomic E-state index is 5.49. The molecule has 1 aromatic carbocycles. The molecule has 0 bridgehead atoms. The van der Waals surface area contributed by atoms with Crippen LogP contribution in [0.2, 0.25) is 0 Å². The van der Waals surface area contributed by atoms with Gasteiger partial charge in [-0.05, 0) is 23.8 Å². The van der Waals surface area contributed by atoms with Crippen LogP contribution in [0.3, 0.4) is 0 Å². The monoisotopic (exact) mass is 342 g/mol. The van der Waals surface area contributed by atoms with Crippen LogP contribution < -0.4 is 4.74 Å². The van der Waals surface area contributed by atoms with Crippen molar-refractivity contribution in [2.75, 3.05) is 0 Å². The summed E-state index contributed by atoms with van der Waals surface area (Å²) in [4.78, 5) is 8.19. The van der Waals surface area contributed by atoms with E-state index in [-0.39, 0.29) is 0 Å². The summed E-state index contributed by atoms with van der Waals surface area (Å²) < 4.78 is 6.45. The van der Waals surface area contributed by atoms with Crippen molar-refractivity contribution in [2.24, 2.45) is 0 Å². The Balaban J connectivity index is 2.14. The molecular formula is C11H8Br2N2O. The summed E-state index contributed by atoms with van der Waals surface area (Å²) in [6, 6.07) is 7.89. The summed E-state index contributed by atoms with van der Waals surface area (Å²) in [5, 5.41) is 0.740. The van der Waals surface area contributed by atoms with Crippen molar-refractivity contribution in [3.8, 4) is 11.8 Å². The predicted molar refractivity (Wildman–Crippen MR) is 68.9 cm³/mol. The molecule has 0 radical (unpaired) electrons. The van der Waals surface area contributed by atoms with Gasteiger partial charge in [0.1, 0.15) is 5.75 Å². The Labute approximate surface area is 110 Å². The van der Waals surface area contributed by atoms with Gasteiger partial charge in [0.25, 0.3) is 0 Å². The van der Waals surface area contributed by atoms with Crippen molar-refractivity contribution in [3.63, 3.8) is 0 Å². The van der Waals surface area contributed by atoms with E-state index in [0.717, 1.165) is 15.4 Å². The highest BCUT2D eigenvalue weighted by Gasteiger charge is 2.00. The van der Waals surface area contributed by atoms with E-state index in [1.54, 1.807) is 12.4 Å². The van der Waals surface area contributed by atoms with Crippen LogP contribution in [0.4, 0.5) is 0 Å². The molecule has 3 nitrogen and oxygen atoms in total. The predicted octanol–water partition coefficient (Wildman–Crippen LogP) is 3.93. The number of halogens is 2. The zero-order chi connectivity index (χ0) is 11.4. The SMILES string of the molecule is BrCc1cnc(Oc2cccc(Br)c2)nc1. The molecule has 0 saturated carbocycles. The molecule has 5 heteroatoms. The number of alkyl halides is 1. The molecule has 0 atom stereocenters. The third-order valence-electron chi connectivity index (χ3n) is 1.84. The number of hydrogen-bond donors (Lipinski definition) is 0.